The van der Waals surface area contributed by atoms with Crippen molar-refractivity contribution in [2.75, 3.05) is 36.0 Å². The number of ether oxygens (including phenoxy) is 1. The predicted molar refractivity (Wildman–Crippen MR) is 138 cm³/mol. The fourth-order valence-corrected chi connectivity index (χ4v) is 6.94. The maximum Gasteiger partial charge on any atom is 0.410 e. The number of hydrogen-bond acceptors (Lipinski definition) is 6. The highest BCUT2D eigenvalue weighted by molar-refractivity contribution is 6.08. The summed E-state index contributed by atoms with van der Waals surface area (Å²) in [6.45, 7) is 10.3. The molecule has 4 fully saturated rings. The smallest absolute Gasteiger partial charge is 0.410 e. The van der Waals surface area contributed by atoms with Gasteiger partial charge in [-0.3, -0.25) is 4.79 Å². The zero-order valence-corrected chi connectivity index (χ0v) is 21.9. The zero-order chi connectivity index (χ0) is 25.2. The standard InChI is InChI=1S/C27H38N6O3/c1-17-14-30(26(35)36-27(2,3)4)10-11-31(17)24-23-21(32-9-5-6-22(32)34)15-33(25(23)29-16-28-24)20-13-18-7-8-19(20)12-18/h15-20H,5-14H2,1-4H3/t17-,18+,19-,20+/m0/s1. The maximum atomic E-state index is 12.9. The molecule has 2 saturated carbocycles. The quantitative estimate of drug-likeness (QED) is 0.630. The van der Waals surface area contributed by atoms with E-state index in [1.54, 1.807) is 11.2 Å². The fourth-order valence-electron chi connectivity index (χ4n) is 6.94. The highest BCUT2D eigenvalue weighted by Crippen LogP contribution is 2.52. The lowest BCUT2D eigenvalue weighted by molar-refractivity contribution is -0.117. The molecule has 0 unspecified atom stereocenters. The van der Waals surface area contributed by atoms with Crippen molar-refractivity contribution in [1.29, 1.82) is 0 Å². The van der Waals surface area contributed by atoms with Gasteiger partial charge < -0.3 is 24.0 Å². The van der Waals surface area contributed by atoms with Gasteiger partial charge in [-0.25, -0.2) is 14.8 Å². The van der Waals surface area contributed by atoms with E-state index in [0.717, 1.165) is 41.4 Å². The molecule has 0 N–H and O–H groups in total. The van der Waals surface area contributed by atoms with Crippen LogP contribution in [-0.2, 0) is 9.53 Å². The first-order chi connectivity index (χ1) is 17.2. The number of amides is 2. The van der Waals surface area contributed by atoms with Crippen molar-refractivity contribution in [3.8, 4) is 0 Å². The van der Waals surface area contributed by atoms with Crippen LogP contribution >= 0.6 is 0 Å². The summed E-state index contributed by atoms with van der Waals surface area (Å²) in [5.41, 5.74) is 1.37. The second kappa shape index (κ2) is 8.63. The Morgan fingerprint density at radius 1 is 1.11 bits per heavy atom. The van der Waals surface area contributed by atoms with Crippen LogP contribution in [0.1, 0.15) is 72.3 Å². The highest BCUT2D eigenvalue weighted by atomic mass is 16.6. The van der Waals surface area contributed by atoms with Crippen molar-refractivity contribution in [1.82, 2.24) is 19.4 Å². The SMILES string of the molecule is C[C@H]1CN(C(=O)OC(C)(C)C)CCN1c1ncnc2c1c(N1CCCC1=O)cn2[C@@H]1C[C@@H]2CC[C@H]1C2. The predicted octanol–water partition coefficient (Wildman–Crippen LogP) is 4.36. The molecule has 2 aliphatic heterocycles. The molecule has 4 atom stereocenters. The van der Waals surface area contributed by atoms with Crippen molar-refractivity contribution in [3.63, 3.8) is 0 Å². The third-order valence-corrected chi connectivity index (χ3v) is 8.54. The summed E-state index contributed by atoms with van der Waals surface area (Å²) in [4.78, 5) is 41.2. The van der Waals surface area contributed by atoms with Crippen molar-refractivity contribution < 1.29 is 14.3 Å². The number of aromatic nitrogens is 3. The molecular weight excluding hydrogens is 456 g/mol. The van der Waals surface area contributed by atoms with Crippen LogP contribution in [0.2, 0.25) is 0 Å². The van der Waals surface area contributed by atoms with E-state index in [0.29, 0.717) is 38.0 Å². The maximum absolute atomic E-state index is 12.9. The number of rotatable bonds is 3. The van der Waals surface area contributed by atoms with Gasteiger partial charge in [0.25, 0.3) is 0 Å². The number of anilines is 2. The third kappa shape index (κ3) is 4.00. The molecule has 4 aliphatic rings. The van der Waals surface area contributed by atoms with Crippen LogP contribution < -0.4 is 9.80 Å². The Morgan fingerprint density at radius 2 is 1.94 bits per heavy atom. The Balaban J connectivity index is 1.36. The minimum Gasteiger partial charge on any atom is -0.444 e. The summed E-state index contributed by atoms with van der Waals surface area (Å²) in [5, 5.41) is 0.980. The van der Waals surface area contributed by atoms with Crippen molar-refractivity contribution in [2.24, 2.45) is 11.8 Å². The van der Waals surface area contributed by atoms with Gasteiger partial charge in [0.05, 0.1) is 11.1 Å². The Morgan fingerprint density at radius 3 is 2.58 bits per heavy atom. The zero-order valence-electron chi connectivity index (χ0n) is 21.9. The van der Waals surface area contributed by atoms with Gasteiger partial charge in [0.15, 0.2) is 0 Å². The van der Waals surface area contributed by atoms with Gasteiger partial charge in [0.2, 0.25) is 5.91 Å². The number of nitrogens with zero attached hydrogens (tertiary/aromatic N) is 6. The van der Waals surface area contributed by atoms with E-state index < -0.39 is 5.60 Å². The summed E-state index contributed by atoms with van der Waals surface area (Å²) in [5.74, 6) is 2.56. The van der Waals surface area contributed by atoms with Gasteiger partial charge in [-0.1, -0.05) is 6.42 Å². The molecule has 9 heteroatoms. The van der Waals surface area contributed by atoms with E-state index in [4.69, 9.17) is 14.7 Å². The average molecular weight is 495 g/mol. The molecule has 0 radical (unpaired) electrons. The van der Waals surface area contributed by atoms with Crippen LogP contribution in [-0.4, -0.2) is 69.3 Å². The van der Waals surface area contributed by atoms with Crippen LogP contribution in [0.15, 0.2) is 12.5 Å². The Hall–Kier alpha value is -2.84. The van der Waals surface area contributed by atoms with Crippen LogP contribution in [0.25, 0.3) is 11.0 Å². The molecule has 2 saturated heterocycles. The second-order valence-corrected chi connectivity index (χ2v) is 12.2. The summed E-state index contributed by atoms with van der Waals surface area (Å²) < 4.78 is 7.98. The monoisotopic (exact) mass is 494 g/mol. The lowest BCUT2D eigenvalue weighted by atomic mass is 9.95. The third-order valence-electron chi connectivity index (χ3n) is 8.54. The number of carbonyl (C=O) groups is 2. The van der Waals surface area contributed by atoms with Crippen LogP contribution in [0.4, 0.5) is 16.3 Å². The van der Waals surface area contributed by atoms with Gasteiger partial charge in [-0.2, -0.15) is 0 Å². The molecule has 2 bridgehead atoms. The number of carbonyl (C=O) groups excluding carboxylic acids is 2. The average Bonchev–Trinajstić information content (AvgIpc) is 3.61. The van der Waals surface area contributed by atoms with Crippen molar-refractivity contribution in [2.45, 2.75) is 83.9 Å². The van der Waals surface area contributed by atoms with Gasteiger partial charge in [-0.05, 0) is 65.2 Å². The molecule has 2 aromatic heterocycles. The topological polar surface area (TPSA) is 83.8 Å². The lowest BCUT2D eigenvalue weighted by Gasteiger charge is -2.41. The van der Waals surface area contributed by atoms with Crippen LogP contribution in [0.3, 0.4) is 0 Å². The normalized spacial score (nSPS) is 28.6. The van der Waals surface area contributed by atoms with Crippen molar-refractivity contribution in [3.05, 3.63) is 12.5 Å². The van der Waals surface area contributed by atoms with E-state index >= 15 is 0 Å². The first-order valence-electron chi connectivity index (χ1n) is 13.6. The number of fused-ring (bicyclic) bond motifs is 3. The van der Waals surface area contributed by atoms with E-state index in [1.165, 1.54) is 25.7 Å². The van der Waals surface area contributed by atoms with Crippen molar-refractivity contribution >= 4 is 34.5 Å². The molecule has 4 heterocycles. The summed E-state index contributed by atoms with van der Waals surface area (Å²) in [7, 11) is 0. The van der Waals surface area contributed by atoms with Crippen LogP contribution in [0, 0.1) is 11.8 Å². The van der Waals surface area contributed by atoms with Crippen LogP contribution in [0.5, 0.6) is 0 Å². The molecule has 9 nitrogen and oxygen atoms in total. The van der Waals surface area contributed by atoms with E-state index in [-0.39, 0.29) is 18.0 Å². The minimum atomic E-state index is -0.518. The molecule has 2 aliphatic carbocycles. The first-order valence-corrected chi connectivity index (χ1v) is 13.6. The molecule has 2 amide bonds. The van der Waals surface area contributed by atoms with E-state index in [1.807, 2.05) is 25.7 Å². The Kier molecular flexibility index (Phi) is 5.64. The molecule has 6 rings (SSSR count). The number of hydrogen-bond donors (Lipinski definition) is 0. The van der Waals surface area contributed by atoms with Gasteiger partial charge in [-0.15, -0.1) is 0 Å². The number of piperazine rings is 1. The first kappa shape index (κ1) is 23.6. The molecule has 194 valence electrons. The summed E-state index contributed by atoms with van der Waals surface area (Å²) >= 11 is 0. The second-order valence-electron chi connectivity index (χ2n) is 12.2. The van der Waals surface area contributed by atoms with Gasteiger partial charge >= 0.3 is 6.09 Å². The Bertz CT molecular complexity index is 1190. The lowest BCUT2D eigenvalue weighted by Crippen LogP contribution is -2.54. The van der Waals surface area contributed by atoms with Gasteiger partial charge in [0, 0.05) is 50.9 Å². The largest absolute Gasteiger partial charge is 0.444 e. The molecule has 0 aromatic carbocycles. The fraction of sp³-hybridized carbons (Fsp3) is 0.704. The van der Waals surface area contributed by atoms with Gasteiger partial charge in [0.1, 0.15) is 23.4 Å². The summed E-state index contributed by atoms with van der Waals surface area (Å²) in [6.07, 6.45) is 10.2. The summed E-state index contributed by atoms with van der Waals surface area (Å²) in [6, 6.07) is 0.499. The highest BCUT2D eigenvalue weighted by Gasteiger charge is 2.42. The van der Waals surface area contributed by atoms with E-state index in [9.17, 15) is 9.59 Å². The molecular formula is C27H38N6O3. The van der Waals surface area contributed by atoms with E-state index in [2.05, 4.69) is 22.6 Å². The molecule has 2 aromatic rings. The minimum absolute atomic E-state index is 0.0531. The Labute approximate surface area is 212 Å². The molecule has 0 spiro atoms. The molecule has 36 heavy (non-hydrogen) atoms.